The van der Waals surface area contributed by atoms with Gasteiger partial charge in [-0.15, -0.1) is 0 Å². The van der Waals surface area contributed by atoms with Crippen LogP contribution in [0.2, 0.25) is 10.0 Å². The minimum absolute atomic E-state index is 0.306. The largest absolute Gasteiger partial charge is 0.314 e. The van der Waals surface area contributed by atoms with Crippen molar-refractivity contribution in [3.8, 4) is 0 Å². The number of rotatable bonds is 6. The Labute approximate surface area is 136 Å². The van der Waals surface area contributed by atoms with Crippen molar-refractivity contribution in [1.29, 1.82) is 0 Å². The molecule has 114 valence electrons. The molecule has 0 aliphatic heterocycles. The molecule has 5 heteroatoms. The highest BCUT2D eigenvalue weighted by atomic mass is 35.5. The molecular formula is C16H21Cl2N3. The molecule has 0 bridgehead atoms. The highest BCUT2D eigenvalue weighted by Crippen LogP contribution is 2.22. The van der Waals surface area contributed by atoms with Gasteiger partial charge in [-0.1, -0.05) is 42.3 Å². The summed E-state index contributed by atoms with van der Waals surface area (Å²) in [6, 6.07) is 8.31. The molecule has 1 atom stereocenters. The van der Waals surface area contributed by atoms with Crippen LogP contribution in [0.1, 0.15) is 23.9 Å². The first-order valence-electron chi connectivity index (χ1n) is 7.17. The fourth-order valence-electron chi connectivity index (χ4n) is 2.59. The summed E-state index contributed by atoms with van der Waals surface area (Å²) in [5.41, 5.74) is 3.18. The van der Waals surface area contributed by atoms with Crippen molar-refractivity contribution >= 4 is 23.2 Å². The summed E-state index contributed by atoms with van der Waals surface area (Å²) in [5, 5.41) is 9.45. The predicted molar refractivity (Wildman–Crippen MR) is 89.3 cm³/mol. The lowest BCUT2D eigenvalue weighted by atomic mass is 10.0. The maximum Gasteiger partial charge on any atom is 0.0847 e. The van der Waals surface area contributed by atoms with Crippen LogP contribution >= 0.6 is 23.2 Å². The van der Waals surface area contributed by atoms with Gasteiger partial charge in [0.15, 0.2) is 0 Å². The van der Waals surface area contributed by atoms with Gasteiger partial charge in [0.2, 0.25) is 0 Å². The van der Waals surface area contributed by atoms with E-state index in [2.05, 4.69) is 23.4 Å². The molecular weight excluding hydrogens is 305 g/mol. The number of nitrogens with one attached hydrogen (secondary N) is 1. The Morgan fingerprint density at radius 3 is 2.62 bits per heavy atom. The quantitative estimate of drug-likeness (QED) is 0.875. The van der Waals surface area contributed by atoms with E-state index in [1.165, 1.54) is 5.56 Å². The van der Waals surface area contributed by atoms with Gasteiger partial charge in [0, 0.05) is 24.5 Å². The van der Waals surface area contributed by atoms with Crippen LogP contribution in [0.15, 0.2) is 24.3 Å². The number of likely N-dealkylation sites (N-methyl/N-ethyl adjacent to an activating group) is 1. The van der Waals surface area contributed by atoms with E-state index in [1.54, 1.807) is 0 Å². The molecule has 1 heterocycles. The third-order valence-corrected chi connectivity index (χ3v) is 4.29. The Morgan fingerprint density at radius 2 is 2.05 bits per heavy atom. The number of aromatic nitrogens is 2. The van der Waals surface area contributed by atoms with E-state index in [4.69, 9.17) is 23.2 Å². The third kappa shape index (κ3) is 4.22. The standard InChI is InChI=1S/C16H21Cl2N3/c1-4-19-14(9-12-6-5-7-13(17)8-12)10-15-16(18)11(2)20-21(15)3/h5-8,14,19H,4,9-10H2,1-3H3. The summed E-state index contributed by atoms with van der Waals surface area (Å²) in [4.78, 5) is 0. The van der Waals surface area contributed by atoms with Gasteiger partial charge in [0.05, 0.1) is 16.4 Å². The average molecular weight is 326 g/mol. The minimum Gasteiger partial charge on any atom is -0.314 e. The molecule has 0 fully saturated rings. The molecule has 0 aliphatic rings. The molecule has 0 aliphatic carbocycles. The van der Waals surface area contributed by atoms with Crippen LogP contribution in [-0.4, -0.2) is 22.4 Å². The fourth-order valence-corrected chi connectivity index (χ4v) is 3.04. The zero-order valence-corrected chi connectivity index (χ0v) is 14.2. The normalized spacial score (nSPS) is 12.6. The van der Waals surface area contributed by atoms with Gasteiger partial charge in [-0.2, -0.15) is 5.10 Å². The van der Waals surface area contributed by atoms with E-state index in [-0.39, 0.29) is 0 Å². The Bertz CT molecular complexity index is 608. The van der Waals surface area contributed by atoms with Crippen LogP contribution in [0.3, 0.4) is 0 Å². The summed E-state index contributed by atoms with van der Waals surface area (Å²) in [6.45, 7) is 4.96. The minimum atomic E-state index is 0.306. The second-order valence-corrected chi connectivity index (χ2v) is 6.08. The molecule has 2 rings (SSSR count). The molecule has 0 radical (unpaired) electrons. The Morgan fingerprint density at radius 1 is 1.29 bits per heavy atom. The lowest BCUT2D eigenvalue weighted by molar-refractivity contribution is 0.504. The predicted octanol–water partition coefficient (Wildman–Crippen LogP) is 3.80. The first kappa shape index (κ1) is 16.3. The van der Waals surface area contributed by atoms with Crippen LogP contribution in [-0.2, 0) is 19.9 Å². The monoisotopic (exact) mass is 325 g/mol. The van der Waals surface area contributed by atoms with Gasteiger partial charge < -0.3 is 5.32 Å². The van der Waals surface area contributed by atoms with E-state index < -0.39 is 0 Å². The number of hydrogen-bond acceptors (Lipinski definition) is 2. The van der Waals surface area contributed by atoms with Crippen LogP contribution < -0.4 is 5.32 Å². The van der Waals surface area contributed by atoms with Gasteiger partial charge in [-0.05, 0) is 37.6 Å². The second kappa shape index (κ2) is 7.30. The van der Waals surface area contributed by atoms with Crippen LogP contribution in [0.5, 0.6) is 0 Å². The number of benzene rings is 1. The highest BCUT2D eigenvalue weighted by molar-refractivity contribution is 6.31. The summed E-state index contributed by atoms with van der Waals surface area (Å²) >= 11 is 12.4. The molecule has 21 heavy (non-hydrogen) atoms. The van der Waals surface area contributed by atoms with Crippen molar-refractivity contribution in [3.05, 3.63) is 51.3 Å². The van der Waals surface area contributed by atoms with Crippen LogP contribution in [0.25, 0.3) is 0 Å². The molecule has 1 aromatic carbocycles. The summed E-state index contributed by atoms with van der Waals surface area (Å²) < 4.78 is 1.87. The van der Waals surface area contributed by atoms with Crippen molar-refractivity contribution in [2.45, 2.75) is 32.7 Å². The summed E-state index contributed by atoms with van der Waals surface area (Å²) in [6.07, 6.45) is 1.76. The maximum absolute atomic E-state index is 6.35. The average Bonchev–Trinajstić information content (AvgIpc) is 2.66. The number of hydrogen-bond donors (Lipinski definition) is 1. The van der Waals surface area contributed by atoms with Crippen LogP contribution in [0.4, 0.5) is 0 Å². The van der Waals surface area contributed by atoms with Gasteiger partial charge in [0.1, 0.15) is 0 Å². The van der Waals surface area contributed by atoms with Crippen molar-refractivity contribution in [2.75, 3.05) is 6.54 Å². The first-order chi connectivity index (χ1) is 10.0. The zero-order chi connectivity index (χ0) is 15.4. The molecule has 1 aromatic heterocycles. The zero-order valence-electron chi connectivity index (χ0n) is 12.7. The lowest BCUT2D eigenvalue weighted by Gasteiger charge is -2.18. The Kier molecular flexibility index (Phi) is 5.68. The first-order valence-corrected chi connectivity index (χ1v) is 7.92. The van der Waals surface area contributed by atoms with E-state index in [0.717, 1.165) is 40.8 Å². The van der Waals surface area contributed by atoms with Crippen LogP contribution in [0, 0.1) is 6.92 Å². The Balaban J connectivity index is 2.15. The molecule has 2 aromatic rings. The van der Waals surface area contributed by atoms with E-state index >= 15 is 0 Å². The molecule has 0 amide bonds. The van der Waals surface area contributed by atoms with Gasteiger partial charge in [-0.25, -0.2) is 0 Å². The van der Waals surface area contributed by atoms with E-state index in [1.807, 2.05) is 36.9 Å². The topological polar surface area (TPSA) is 29.9 Å². The number of nitrogens with zero attached hydrogens (tertiary/aromatic N) is 2. The summed E-state index contributed by atoms with van der Waals surface area (Å²) in [5.74, 6) is 0. The SMILES string of the molecule is CCNC(Cc1cccc(Cl)c1)Cc1c(Cl)c(C)nn1C. The van der Waals surface area contributed by atoms with Crippen molar-refractivity contribution in [1.82, 2.24) is 15.1 Å². The van der Waals surface area contributed by atoms with Gasteiger partial charge >= 0.3 is 0 Å². The molecule has 0 saturated heterocycles. The van der Waals surface area contributed by atoms with Crippen molar-refractivity contribution < 1.29 is 0 Å². The van der Waals surface area contributed by atoms with E-state index in [0.29, 0.717) is 6.04 Å². The van der Waals surface area contributed by atoms with Gasteiger partial charge in [0.25, 0.3) is 0 Å². The maximum atomic E-state index is 6.35. The fraction of sp³-hybridized carbons (Fsp3) is 0.438. The molecule has 1 unspecified atom stereocenters. The van der Waals surface area contributed by atoms with E-state index in [9.17, 15) is 0 Å². The van der Waals surface area contributed by atoms with Crippen molar-refractivity contribution in [3.63, 3.8) is 0 Å². The number of aryl methyl sites for hydroxylation is 2. The van der Waals surface area contributed by atoms with Crippen molar-refractivity contribution in [2.24, 2.45) is 7.05 Å². The number of halogens is 2. The lowest BCUT2D eigenvalue weighted by Crippen LogP contribution is -2.33. The molecule has 0 saturated carbocycles. The second-order valence-electron chi connectivity index (χ2n) is 5.26. The summed E-state index contributed by atoms with van der Waals surface area (Å²) in [7, 11) is 1.94. The molecule has 1 N–H and O–H groups in total. The molecule has 3 nitrogen and oxygen atoms in total. The highest BCUT2D eigenvalue weighted by Gasteiger charge is 2.17. The molecule has 0 spiro atoms. The Hall–Kier alpha value is -1.03. The smallest absolute Gasteiger partial charge is 0.0847 e. The van der Waals surface area contributed by atoms with Gasteiger partial charge in [-0.3, -0.25) is 4.68 Å². The third-order valence-electron chi connectivity index (χ3n) is 3.57.